The number of fused-ring (bicyclic) bond motifs is 1. The summed E-state index contributed by atoms with van der Waals surface area (Å²) in [6.45, 7) is 0.112. The van der Waals surface area contributed by atoms with E-state index in [0.717, 1.165) is 16.7 Å². The van der Waals surface area contributed by atoms with Gasteiger partial charge in [-0.1, -0.05) is 30.3 Å². The standard InChI is InChI=1S/C21H16N6O3S2/c1-32(29,30)16-9-7-15(8-10-16)27-19(23-24-25-27)12-26-13-22-17-11-18(31-20(17)21(26)28)14-5-3-2-4-6-14/h2-11,13H,12H2,1H3. The first-order valence-corrected chi connectivity index (χ1v) is 12.2. The van der Waals surface area contributed by atoms with Gasteiger partial charge in [0.25, 0.3) is 5.56 Å². The lowest BCUT2D eigenvalue weighted by Gasteiger charge is -2.07. The van der Waals surface area contributed by atoms with Crippen molar-refractivity contribution in [3.05, 3.63) is 83.2 Å². The number of sulfone groups is 1. The molecule has 11 heteroatoms. The normalized spacial score (nSPS) is 11.8. The van der Waals surface area contributed by atoms with Crippen LogP contribution in [0.3, 0.4) is 0 Å². The maximum absolute atomic E-state index is 13.1. The fourth-order valence-corrected chi connectivity index (χ4v) is 4.99. The van der Waals surface area contributed by atoms with Gasteiger partial charge in [0.2, 0.25) is 0 Å². The summed E-state index contributed by atoms with van der Waals surface area (Å²) in [6, 6.07) is 18.0. The zero-order valence-corrected chi connectivity index (χ0v) is 18.4. The molecule has 0 bridgehead atoms. The lowest BCUT2D eigenvalue weighted by molar-refractivity contribution is 0.602. The minimum absolute atomic E-state index is 0.112. The van der Waals surface area contributed by atoms with Crippen molar-refractivity contribution in [2.24, 2.45) is 0 Å². The van der Waals surface area contributed by atoms with Crippen LogP contribution in [-0.4, -0.2) is 44.4 Å². The Morgan fingerprint density at radius 2 is 1.78 bits per heavy atom. The van der Waals surface area contributed by atoms with E-state index in [1.807, 2.05) is 36.4 Å². The number of tetrazole rings is 1. The molecule has 5 aromatic rings. The van der Waals surface area contributed by atoms with Gasteiger partial charge in [0.1, 0.15) is 4.70 Å². The molecule has 9 nitrogen and oxygen atoms in total. The highest BCUT2D eigenvalue weighted by molar-refractivity contribution is 7.90. The molecule has 0 atom stereocenters. The molecule has 3 aromatic heterocycles. The van der Waals surface area contributed by atoms with Crippen LogP contribution in [0.2, 0.25) is 0 Å². The summed E-state index contributed by atoms with van der Waals surface area (Å²) in [6.07, 6.45) is 2.63. The average molecular weight is 465 g/mol. The number of aromatic nitrogens is 6. The molecule has 2 aromatic carbocycles. The number of rotatable bonds is 5. The van der Waals surface area contributed by atoms with E-state index in [1.165, 1.54) is 39.0 Å². The lowest BCUT2D eigenvalue weighted by Crippen LogP contribution is -2.22. The van der Waals surface area contributed by atoms with Crippen LogP contribution in [0.4, 0.5) is 0 Å². The highest BCUT2D eigenvalue weighted by atomic mass is 32.2. The van der Waals surface area contributed by atoms with E-state index in [9.17, 15) is 13.2 Å². The van der Waals surface area contributed by atoms with E-state index in [0.29, 0.717) is 21.7 Å². The Bertz CT molecular complexity index is 1590. The second-order valence-corrected chi connectivity index (χ2v) is 10.2. The fourth-order valence-electron chi connectivity index (χ4n) is 3.29. The molecule has 0 fully saturated rings. The van der Waals surface area contributed by atoms with Crippen LogP contribution in [0.25, 0.3) is 26.3 Å². The molecule has 160 valence electrons. The van der Waals surface area contributed by atoms with Crippen LogP contribution < -0.4 is 5.56 Å². The summed E-state index contributed by atoms with van der Waals surface area (Å²) in [5.74, 6) is 0.417. The van der Waals surface area contributed by atoms with Crippen LogP contribution in [0.15, 0.2) is 76.7 Å². The van der Waals surface area contributed by atoms with Gasteiger partial charge in [0.05, 0.1) is 29.0 Å². The van der Waals surface area contributed by atoms with E-state index in [4.69, 9.17) is 0 Å². The van der Waals surface area contributed by atoms with Crippen molar-refractivity contribution >= 4 is 31.4 Å². The number of hydrogen-bond acceptors (Lipinski definition) is 8. The predicted octanol–water partition coefficient (Wildman–Crippen LogP) is 2.55. The third-order valence-electron chi connectivity index (χ3n) is 4.92. The van der Waals surface area contributed by atoms with E-state index in [-0.39, 0.29) is 17.0 Å². The lowest BCUT2D eigenvalue weighted by atomic mass is 10.2. The van der Waals surface area contributed by atoms with Gasteiger partial charge in [0, 0.05) is 11.1 Å². The summed E-state index contributed by atoms with van der Waals surface area (Å²) < 4.78 is 26.9. The first-order valence-electron chi connectivity index (χ1n) is 9.52. The molecular formula is C21H16N6O3S2. The maximum Gasteiger partial charge on any atom is 0.271 e. The Morgan fingerprint density at radius 1 is 1.03 bits per heavy atom. The maximum atomic E-state index is 13.1. The molecule has 0 saturated heterocycles. The summed E-state index contributed by atoms with van der Waals surface area (Å²) in [7, 11) is -3.31. The first kappa shape index (κ1) is 20.2. The molecule has 0 radical (unpaired) electrons. The molecule has 0 spiro atoms. The Labute approximate surface area is 186 Å². The van der Waals surface area contributed by atoms with Gasteiger partial charge in [-0.05, 0) is 46.3 Å². The summed E-state index contributed by atoms with van der Waals surface area (Å²) in [5, 5.41) is 11.7. The van der Waals surface area contributed by atoms with Crippen LogP contribution in [0.5, 0.6) is 0 Å². The monoisotopic (exact) mass is 464 g/mol. The highest BCUT2D eigenvalue weighted by Crippen LogP contribution is 2.30. The van der Waals surface area contributed by atoms with E-state index < -0.39 is 9.84 Å². The summed E-state index contributed by atoms with van der Waals surface area (Å²) >= 11 is 1.40. The van der Waals surface area contributed by atoms with Crippen molar-refractivity contribution in [3.8, 4) is 16.1 Å². The van der Waals surface area contributed by atoms with Gasteiger partial charge in [-0.3, -0.25) is 9.36 Å². The molecule has 0 aliphatic carbocycles. The van der Waals surface area contributed by atoms with Crippen LogP contribution >= 0.6 is 11.3 Å². The molecule has 0 aliphatic rings. The minimum Gasteiger partial charge on any atom is -0.290 e. The summed E-state index contributed by atoms with van der Waals surface area (Å²) in [5.41, 5.74) is 2.08. The third kappa shape index (κ3) is 3.72. The van der Waals surface area contributed by atoms with Gasteiger partial charge in [0.15, 0.2) is 15.7 Å². The Hall–Kier alpha value is -3.70. The fraction of sp³-hybridized carbons (Fsp3) is 0.0952. The van der Waals surface area contributed by atoms with Crippen LogP contribution in [0.1, 0.15) is 5.82 Å². The van der Waals surface area contributed by atoms with Crippen molar-refractivity contribution in [3.63, 3.8) is 0 Å². The molecule has 0 amide bonds. The molecule has 0 saturated carbocycles. The largest absolute Gasteiger partial charge is 0.290 e. The molecule has 5 rings (SSSR count). The average Bonchev–Trinajstić information content (AvgIpc) is 3.43. The van der Waals surface area contributed by atoms with E-state index >= 15 is 0 Å². The molecular weight excluding hydrogens is 448 g/mol. The quantitative estimate of drug-likeness (QED) is 0.393. The molecule has 3 heterocycles. The van der Waals surface area contributed by atoms with Crippen molar-refractivity contribution in [2.45, 2.75) is 11.4 Å². The second kappa shape index (κ2) is 7.77. The van der Waals surface area contributed by atoms with Crippen LogP contribution in [-0.2, 0) is 16.4 Å². The highest BCUT2D eigenvalue weighted by Gasteiger charge is 2.15. The Balaban J connectivity index is 1.49. The molecule has 0 N–H and O–H groups in total. The number of thiophene rings is 1. The van der Waals surface area contributed by atoms with Gasteiger partial charge in [-0.25, -0.2) is 13.4 Å². The van der Waals surface area contributed by atoms with Gasteiger partial charge < -0.3 is 0 Å². The molecule has 0 unspecified atom stereocenters. The zero-order valence-electron chi connectivity index (χ0n) is 16.8. The van der Waals surface area contributed by atoms with Crippen molar-refractivity contribution < 1.29 is 8.42 Å². The second-order valence-electron chi connectivity index (χ2n) is 7.14. The third-order valence-corrected chi connectivity index (χ3v) is 7.21. The SMILES string of the molecule is CS(=O)(=O)c1ccc(-n2nnnc2Cn2cnc3cc(-c4ccccc4)sc3c2=O)cc1. The van der Waals surface area contributed by atoms with Gasteiger partial charge >= 0.3 is 0 Å². The topological polar surface area (TPSA) is 113 Å². The Morgan fingerprint density at radius 3 is 2.50 bits per heavy atom. The van der Waals surface area contributed by atoms with Gasteiger partial charge in [-0.15, -0.1) is 16.4 Å². The van der Waals surface area contributed by atoms with Crippen LogP contribution in [0, 0.1) is 0 Å². The van der Waals surface area contributed by atoms with Crippen molar-refractivity contribution in [1.82, 2.24) is 29.8 Å². The molecule has 32 heavy (non-hydrogen) atoms. The zero-order chi connectivity index (χ0) is 22.3. The number of nitrogens with zero attached hydrogens (tertiary/aromatic N) is 6. The predicted molar refractivity (Wildman–Crippen MR) is 121 cm³/mol. The smallest absolute Gasteiger partial charge is 0.271 e. The van der Waals surface area contributed by atoms with E-state index in [1.54, 1.807) is 12.1 Å². The molecule has 0 aliphatic heterocycles. The number of benzene rings is 2. The summed E-state index contributed by atoms with van der Waals surface area (Å²) in [4.78, 5) is 18.7. The van der Waals surface area contributed by atoms with Crippen molar-refractivity contribution in [2.75, 3.05) is 6.26 Å². The first-order chi connectivity index (χ1) is 15.4. The minimum atomic E-state index is -3.31. The van der Waals surface area contributed by atoms with Crippen molar-refractivity contribution in [1.29, 1.82) is 0 Å². The Kier molecular flexibility index (Phi) is 4.91. The van der Waals surface area contributed by atoms with E-state index in [2.05, 4.69) is 20.5 Å². The van der Waals surface area contributed by atoms with Gasteiger partial charge in [-0.2, -0.15) is 4.68 Å². The number of hydrogen-bond donors (Lipinski definition) is 0.